The first-order valence-corrected chi connectivity index (χ1v) is 6.23. The molecule has 1 spiro atoms. The number of anilines is 1. The molecule has 1 radical (unpaired) electrons. The molecule has 3 nitrogen and oxygen atoms in total. The van der Waals surface area contributed by atoms with E-state index in [1.165, 1.54) is 12.8 Å². The van der Waals surface area contributed by atoms with Gasteiger partial charge in [-0.3, -0.25) is 0 Å². The van der Waals surface area contributed by atoms with Crippen molar-refractivity contribution in [2.24, 2.45) is 0 Å². The number of ether oxygens (including phenoxy) is 2. The van der Waals surface area contributed by atoms with Crippen molar-refractivity contribution >= 4 is 5.69 Å². The van der Waals surface area contributed by atoms with Gasteiger partial charge in [0.15, 0.2) is 5.79 Å². The van der Waals surface area contributed by atoms with Crippen LogP contribution in [0.4, 0.5) is 5.69 Å². The van der Waals surface area contributed by atoms with Crippen molar-refractivity contribution in [2.45, 2.75) is 43.7 Å². The molecule has 1 saturated carbocycles. The predicted octanol–water partition coefficient (Wildman–Crippen LogP) is 2.83. The third kappa shape index (κ3) is 1.83. The average molecular weight is 232 g/mol. The summed E-state index contributed by atoms with van der Waals surface area (Å²) < 4.78 is 12.1. The van der Waals surface area contributed by atoms with Gasteiger partial charge in [-0.1, -0.05) is 18.2 Å². The van der Waals surface area contributed by atoms with Gasteiger partial charge in [-0.25, -0.2) is 0 Å². The van der Waals surface area contributed by atoms with Crippen LogP contribution in [-0.2, 0) is 9.47 Å². The largest absolute Gasteiger partial charge is 0.398 e. The Morgan fingerprint density at radius 2 is 1.88 bits per heavy atom. The van der Waals surface area contributed by atoms with E-state index in [0.29, 0.717) is 0 Å². The fourth-order valence-corrected chi connectivity index (χ4v) is 2.86. The zero-order valence-corrected chi connectivity index (χ0v) is 9.89. The molecule has 3 heteroatoms. The van der Waals surface area contributed by atoms with Crippen LogP contribution in [0.15, 0.2) is 24.3 Å². The maximum atomic E-state index is 6.12. The molecule has 91 valence electrons. The van der Waals surface area contributed by atoms with Crippen LogP contribution < -0.4 is 5.73 Å². The zero-order chi connectivity index (χ0) is 11.9. The number of para-hydroxylation sites is 1. The number of hydrogen-bond acceptors (Lipinski definition) is 3. The van der Waals surface area contributed by atoms with Crippen LogP contribution in [0.25, 0.3) is 0 Å². The van der Waals surface area contributed by atoms with Crippen LogP contribution in [0.3, 0.4) is 0 Å². The van der Waals surface area contributed by atoms with Crippen LogP contribution in [0.2, 0.25) is 0 Å². The van der Waals surface area contributed by atoms with E-state index in [0.717, 1.165) is 24.1 Å². The second kappa shape index (κ2) is 4.00. The Bertz CT molecular complexity index is 412. The molecule has 0 amide bonds. The third-order valence-corrected chi connectivity index (χ3v) is 3.71. The molecular weight excluding hydrogens is 214 g/mol. The lowest BCUT2D eigenvalue weighted by atomic mass is 10.0. The standard InChI is InChI=1S/C14H18NO2/c1-10-13(11-6-2-3-7-12(11)15)17-14(16-10)8-4-5-9-14/h2-3,6-7,10,13H,1,4-5,8-9,15H2. The SMILES string of the molecule is [CH2]C1OC2(CCCC2)OC1c1ccccc1N. The molecule has 1 aliphatic heterocycles. The van der Waals surface area contributed by atoms with Gasteiger partial charge >= 0.3 is 0 Å². The van der Waals surface area contributed by atoms with Gasteiger partial charge in [0.2, 0.25) is 0 Å². The van der Waals surface area contributed by atoms with Gasteiger partial charge in [0.05, 0.1) is 6.10 Å². The van der Waals surface area contributed by atoms with Gasteiger partial charge < -0.3 is 15.2 Å². The van der Waals surface area contributed by atoms with E-state index < -0.39 is 0 Å². The summed E-state index contributed by atoms with van der Waals surface area (Å²) in [5.41, 5.74) is 7.74. The van der Waals surface area contributed by atoms with Crippen molar-refractivity contribution in [3.63, 3.8) is 0 Å². The fourth-order valence-electron chi connectivity index (χ4n) is 2.86. The minimum atomic E-state index is -0.390. The Morgan fingerprint density at radius 1 is 1.18 bits per heavy atom. The van der Waals surface area contributed by atoms with E-state index in [-0.39, 0.29) is 18.0 Å². The van der Waals surface area contributed by atoms with Crippen molar-refractivity contribution in [3.05, 3.63) is 36.8 Å². The predicted molar refractivity (Wildman–Crippen MR) is 66.1 cm³/mol. The van der Waals surface area contributed by atoms with Crippen LogP contribution in [0.5, 0.6) is 0 Å². The Kier molecular flexibility index (Phi) is 2.60. The fraction of sp³-hybridized carbons (Fsp3) is 0.500. The second-order valence-electron chi connectivity index (χ2n) is 4.94. The number of nitrogens with two attached hydrogens (primary N) is 1. The normalized spacial score (nSPS) is 31.1. The molecular formula is C14H18NO2. The molecule has 1 heterocycles. The van der Waals surface area contributed by atoms with E-state index in [4.69, 9.17) is 15.2 Å². The molecule has 1 saturated heterocycles. The third-order valence-electron chi connectivity index (χ3n) is 3.71. The summed E-state index contributed by atoms with van der Waals surface area (Å²) in [5, 5.41) is 0. The Balaban J connectivity index is 1.87. The minimum absolute atomic E-state index is 0.130. The van der Waals surface area contributed by atoms with Crippen molar-refractivity contribution < 1.29 is 9.47 Å². The summed E-state index contributed by atoms with van der Waals surface area (Å²) in [5.74, 6) is -0.390. The number of nitrogen functional groups attached to an aromatic ring is 1. The average Bonchev–Trinajstić information content (AvgIpc) is 2.88. The maximum absolute atomic E-state index is 6.12. The van der Waals surface area contributed by atoms with E-state index in [1.807, 2.05) is 24.3 Å². The van der Waals surface area contributed by atoms with E-state index in [2.05, 4.69) is 6.92 Å². The molecule has 1 aromatic rings. The van der Waals surface area contributed by atoms with Gasteiger partial charge in [-0.2, -0.15) is 0 Å². The lowest BCUT2D eigenvalue weighted by Crippen LogP contribution is -2.26. The van der Waals surface area contributed by atoms with Crippen molar-refractivity contribution in [3.8, 4) is 0 Å². The molecule has 3 rings (SSSR count). The molecule has 2 N–H and O–H groups in total. The highest BCUT2D eigenvalue weighted by atomic mass is 16.8. The molecule has 2 fully saturated rings. The molecule has 2 aliphatic rings. The highest BCUT2D eigenvalue weighted by molar-refractivity contribution is 5.48. The minimum Gasteiger partial charge on any atom is -0.398 e. The quantitative estimate of drug-likeness (QED) is 0.757. The van der Waals surface area contributed by atoms with Gasteiger partial charge in [0, 0.05) is 24.1 Å². The Hall–Kier alpha value is -1.06. The van der Waals surface area contributed by atoms with Crippen LogP contribution in [0, 0.1) is 6.92 Å². The molecule has 1 aromatic carbocycles. The van der Waals surface area contributed by atoms with Crippen LogP contribution >= 0.6 is 0 Å². The van der Waals surface area contributed by atoms with Gasteiger partial charge in [0.1, 0.15) is 6.10 Å². The molecule has 2 unspecified atom stereocenters. The smallest absolute Gasteiger partial charge is 0.169 e. The van der Waals surface area contributed by atoms with E-state index in [9.17, 15) is 0 Å². The van der Waals surface area contributed by atoms with Crippen molar-refractivity contribution in [1.29, 1.82) is 0 Å². The summed E-state index contributed by atoms with van der Waals surface area (Å²) in [4.78, 5) is 0. The number of rotatable bonds is 1. The van der Waals surface area contributed by atoms with Crippen molar-refractivity contribution in [2.75, 3.05) is 5.73 Å². The van der Waals surface area contributed by atoms with Crippen LogP contribution in [0.1, 0.15) is 37.4 Å². The molecule has 17 heavy (non-hydrogen) atoms. The zero-order valence-electron chi connectivity index (χ0n) is 9.89. The van der Waals surface area contributed by atoms with Gasteiger partial charge in [-0.15, -0.1) is 0 Å². The first-order chi connectivity index (χ1) is 8.20. The summed E-state index contributed by atoms with van der Waals surface area (Å²) >= 11 is 0. The maximum Gasteiger partial charge on any atom is 0.169 e. The van der Waals surface area contributed by atoms with Gasteiger partial charge in [0.25, 0.3) is 0 Å². The Morgan fingerprint density at radius 3 is 2.59 bits per heavy atom. The summed E-state index contributed by atoms with van der Waals surface area (Å²) in [6, 6.07) is 7.79. The molecule has 0 aromatic heterocycles. The summed E-state index contributed by atoms with van der Waals surface area (Å²) in [7, 11) is 0. The summed E-state index contributed by atoms with van der Waals surface area (Å²) in [6.45, 7) is 4.05. The van der Waals surface area contributed by atoms with Gasteiger partial charge in [-0.05, 0) is 25.8 Å². The van der Waals surface area contributed by atoms with E-state index in [1.54, 1.807) is 0 Å². The first-order valence-electron chi connectivity index (χ1n) is 6.23. The van der Waals surface area contributed by atoms with Crippen molar-refractivity contribution in [1.82, 2.24) is 0 Å². The molecule has 2 atom stereocenters. The lowest BCUT2D eigenvalue weighted by Gasteiger charge is -2.22. The Labute approximate surface area is 102 Å². The highest BCUT2D eigenvalue weighted by Gasteiger charge is 2.48. The monoisotopic (exact) mass is 232 g/mol. The summed E-state index contributed by atoms with van der Waals surface area (Å²) in [6.07, 6.45) is 3.99. The number of benzene rings is 1. The number of hydrogen-bond donors (Lipinski definition) is 1. The topological polar surface area (TPSA) is 44.5 Å². The lowest BCUT2D eigenvalue weighted by molar-refractivity contribution is -0.167. The first kappa shape index (κ1) is 11.1. The molecule has 1 aliphatic carbocycles. The van der Waals surface area contributed by atoms with Crippen LogP contribution in [-0.4, -0.2) is 11.9 Å². The van der Waals surface area contributed by atoms with E-state index >= 15 is 0 Å². The highest BCUT2D eigenvalue weighted by Crippen LogP contribution is 2.47. The molecule has 0 bridgehead atoms. The second-order valence-corrected chi connectivity index (χ2v) is 4.94.